The molecule has 6 heteroatoms. The number of hydrogen-bond acceptors (Lipinski definition) is 6. The molecule has 5 nitrogen and oxygen atoms in total. The van der Waals surface area contributed by atoms with E-state index in [2.05, 4.69) is 41.3 Å². The highest BCUT2D eigenvalue weighted by molar-refractivity contribution is 7.11. The molecule has 0 atom stereocenters. The maximum atomic E-state index is 5.22. The van der Waals surface area contributed by atoms with Crippen molar-refractivity contribution in [3.63, 3.8) is 0 Å². The number of thiazole rings is 1. The summed E-state index contributed by atoms with van der Waals surface area (Å²) < 4.78 is 5.22. The predicted octanol–water partition coefficient (Wildman–Crippen LogP) is 2.85. The first kappa shape index (κ1) is 13.7. The number of hydrogen-bond donors (Lipinski definition) is 1. The van der Waals surface area contributed by atoms with Crippen LogP contribution in [0.25, 0.3) is 0 Å². The van der Waals surface area contributed by atoms with Crippen LogP contribution in [-0.2, 0) is 12.0 Å². The van der Waals surface area contributed by atoms with Crippen LogP contribution in [0.15, 0.2) is 18.5 Å². The van der Waals surface area contributed by atoms with Crippen LogP contribution >= 0.6 is 11.3 Å². The van der Waals surface area contributed by atoms with Gasteiger partial charge in [0.25, 0.3) is 0 Å². The van der Waals surface area contributed by atoms with Gasteiger partial charge in [0.05, 0.1) is 24.9 Å². The SMILES string of the molecule is COc1ccnnc1NCc1cnc(C(C)(C)C)s1. The van der Waals surface area contributed by atoms with Crippen LogP contribution in [0.4, 0.5) is 5.82 Å². The molecule has 1 N–H and O–H groups in total. The van der Waals surface area contributed by atoms with Gasteiger partial charge in [-0.05, 0) is 0 Å². The molecule has 0 unspecified atom stereocenters. The molecule has 2 aromatic heterocycles. The average Bonchev–Trinajstić information content (AvgIpc) is 2.85. The molecule has 2 rings (SSSR count). The first-order chi connectivity index (χ1) is 9.00. The van der Waals surface area contributed by atoms with E-state index in [-0.39, 0.29) is 5.41 Å². The lowest BCUT2D eigenvalue weighted by atomic mass is 9.98. The summed E-state index contributed by atoms with van der Waals surface area (Å²) in [6.45, 7) is 7.15. The fourth-order valence-corrected chi connectivity index (χ4v) is 2.42. The minimum absolute atomic E-state index is 0.0904. The Morgan fingerprint density at radius 1 is 1.37 bits per heavy atom. The summed E-state index contributed by atoms with van der Waals surface area (Å²) in [6, 6.07) is 1.78. The van der Waals surface area contributed by atoms with Gasteiger partial charge in [-0.15, -0.1) is 16.4 Å². The van der Waals surface area contributed by atoms with E-state index in [4.69, 9.17) is 4.74 Å². The minimum atomic E-state index is 0.0904. The molecule has 2 aromatic rings. The molecule has 0 radical (unpaired) electrons. The highest BCUT2D eigenvalue weighted by atomic mass is 32.1. The maximum Gasteiger partial charge on any atom is 0.191 e. The summed E-state index contributed by atoms with van der Waals surface area (Å²) in [5.74, 6) is 1.34. The molecule has 19 heavy (non-hydrogen) atoms. The summed E-state index contributed by atoms with van der Waals surface area (Å²) in [4.78, 5) is 5.62. The Labute approximate surface area is 117 Å². The van der Waals surface area contributed by atoms with Gasteiger partial charge in [-0.3, -0.25) is 0 Å². The minimum Gasteiger partial charge on any atom is -0.493 e. The van der Waals surface area contributed by atoms with Gasteiger partial charge < -0.3 is 10.1 Å². The Morgan fingerprint density at radius 2 is 2.16 bits per heavy atom. The van der Waals surface area contributed by atoms with Crippen molar-refractivity contribution in [1.82, 2.24) is 15.2 Å². The first-order valence-corrected chi connectivity index (χ1v) is 6.87. The van der Waals surface area contributed by atoms with Crippen LogP contribution in [0, 0.1) is 0 Å². The number of methoxy groups -OCH3 is 1. The third kappa shape index (κ3) is 3.41. The Hall–Kier alpha value is -1.69. The predicted molar refractivity (Wildman–Crippen MR) is 76.7 cm³/mol. The van der Waals surface area contributed by atoms with E-state index < -0.39 is 0 Å². The summed E-state index contributed by atoms with van der Waals surface area (Å²) in [7, 11) is 1.62. The molecule has 0 saturated carbocycles. The lowest BCUT2D eigenvalue weighted by Crippen LogP contribution is -2.09. The van der Waals surface area contributed by atoms with E-state index in [1.54, 1.807) is 30.7 Å². The molecule has 0 spiro atoms. The lowest BCUT2D eigenvalue weighted by Gasteiger charge is -2.13. The van der Waals surface area contributed by atoms with Gasteiger partial charge in [0.1, 0.15) is 0 Å². The molecule has 0 amide bonds. The third-order valence-electron chi connectivity index (χ3n) is 2.53. The number of anilines is 1. The lowest BCUT2D eigenvalue weighted by molar-refractivity contribution is 0.413. The van der Waals surface area contributed by atoms with E-state index in [0.717, 1.165) is 9.88 Å². The Balaban J connectivity index is 2.05. The second kappa shape index (κ2) is 5.52. The van der Waals surface area contributed by atoms with Crippen LogP contribution in [-0.4, -0.2) is 22.3 Å². The van der Waals surface area contributed by atoms with E-state index in [0.29, 0.717) is 18.1 Å². The second-order valence-electron chi connectivity index (χ2n) is 5.18. The van der Waals surface area contributed by atoms with Crippen LogP contribution in [0.2, 0.25) is 0 Å². The number of nitrogens with one attached hydrogen (secondary N) is 1. The highest BCUT2D eigenvalue weighted by Gasteiger charge is 2.18. The van der Waals surface area contributed by atoms with Crippen molar-refractivity contribution >= 4 is 17.2 Å². The zero-order valence-electron chi connectivity index (χ0n) is 11.6. The Bertz CT molecular complexity index is 548. The monoisotopic (exact) mass is 278 g/mol. The standard InChI is InChI=1S/C13H18N4OS/c1-13(2,3)12-15-8-9(19-12)7-14-11-10(18-4)5-6-16-17-11/h5-6,8H,7H2,1-4H3,(H,14,17). The van der Waals surface area contributed by atoms with Crippen molar-refractivity contribution in [1.29, 1.82) is 0 Å². The van der Waals surface area contributed by atoms with Crippen LogP contribution < -0.4 is 10.1 Å². The molecule has 0 fully saturated rings. The first-order valence-electron chi connectivity index (χ1n) is 6.05. The topological polar surface area (TPSA) is 59.9 Å². The number of rotatable bonds is 4. The van der Waals surface area contributed by atoms with Gasteiger partial charge in [0, 0.05) is 22.6 Å². The molecular weight excluding hydrogens is 260 g/mol. The molecule has 2 heterocycles. The van der Waals surface area contributed by atoms with E-state index >= 15 is 0 Å². The summed E-state index contributed by atoms with van der Waals surface area (Å²) in [5, 5.41) is 12.2. The van der Waals surface area contributed by atoms with Gasteiger partial charge in [0.2, 0.25) is 0 Å². The second-order valence-corrected chi connectivity index (χ2v) is 6.30. The highest BCUT2D eigenvalue weighted by Crippen LogP contribution is 2.27. The van der Waals surface area contributed by atoms with Crippen molar-refractivity contribution in [2.45, 2.75) is 32.7 Å². The van der Waals surface area contributed by atoms with Crippen LogP contribution in [0.1, 0.15) is 30.7 Å². The number of ether oxygens (including phenoxy) is 1. The molecule has 0 aliphatic heterocycles. The normalized spacial score (nSPS) is 11.4. The van der Waals surface area contributed by atoms with Crippen LogP contribution in [0.5, 0.6) is 5.75 Å². The zero-order chi connectivity index (χ0) is 13.9. The van der Waals surface area contributed by atoms with E-state index in [9.17, 15) is 0 Å². The average molecular weight is 278 g/mol. The summed E-state index contributed by atoms with van der Waals surface area (Å²) >= 11 is 1.71. The fraction of sp³-hybridized carbons (Fsp3) is 0.462. The summed E-state index contributed by atoms with van der Waals surface area (Å²) in [6.07, 6.45) is 3.51. The number of aromatic nitrogens is 3. The third-order valence-corrected chi connectivity index (χ3v) is 3.95. The molecule has 0 aromatic carbocycles. The molecule has 0 aliphatic rings. The Kier molecular flexibility index (Phi) is 3.99. The largest absolute Gasteiger partial charge is 0.493 e. The molecule has 0 saturated heterocycles. The maximum absolute atomic E-state index is 5.22. The molecule has 0 aliphatic carbocycles. The van der Waals surface area contributed by atoms with Gasteiger partial charge >= 0.3 is 0 Å². The van der Waals surface area contributed by atoms with Crippen molar-refractivity contribution in [3.05, 3.63) is 28.3 Å². The van der Waals surface area contributed by atoms with E-state index in [1.807, 2.05) is 6.20 Å². The van der Waals surface area contributed by atoms with E-state index in [1.165, 1.54) is 0 Å². The van der Waals surface area contributed by atoms with Gasteiger partial charge in [0.15, 0.2) is 11.6 Å². The molecule has 102 valence electrons. The van der Waals surface area contributed by atoms with Gasteiger partial charge in [-0.25, -0.2) is 4.98 Å². The zero-order valence-corrected chi connectivity index (χ0v) is 12.4. The van der Waals surface area contributed by atoms with Crippen molar-refractivity contribution in [3.8, 4) is 5.75 Å². The smallest absolute Gasteiger partial charge is 0.191 e. The van der Waals surface area contributed by atoms with Crippen molar-refractivity contribution in [2.75, 3.05) is 12.4 Å². The fourth-order valence-electron chi connectivity index (χ4n) is 1.51. The van der Waals surface area contributed by atoms with Gasteiger partial charge in [-0.2, -0.15) is 5.10 Å². The quantitative estimate of drug-likeness (QED) is 0.932. The van der Waals surface area contributed by atoms with Crippen molar-refractivity contribution < 1.29 is 4.74 Å². The number of nitrogens with zero attached hydrogens (tertiary/aromatic N) is 3. The summed E-state index contributed by atoms with van der Waals surface area (Å²) in [5.41, 5.74) is 0.0904. The van der Waals surface area contributed by atoms with Crippen LogP contribution in [0.3, 0.4) is 0 Å². The van der Waals surface area contributed by atoms with Crippen molar-refractivity contribution in [2.24, 2.45) is 0 Å². The molecule has 0 bridgehead atoms. The molecular formula is C13H18N4OS. The Morgan fingerprint density at radius 3 is 2.79 bits per heavy atom. The van der Waals surface area contributed by atoms with Gasteiger partial charge in [-0.1, -0.05) is 20.8 Å².